The number of ether oxygens (including phenoxy) is 1. The summed E-state index contributed by atoms with van der Waals surface area (Å²) in [5.41, 5.74) is 3.19. The Kier molecular flexibility index (Phi) is 13.3. The van der Waals surface area contributed by atoms with E-state index in [0.717, 1.165) is 49.6 Å². The van der Waals surface area contributed by atoms with Crippen LogP contribution >= 0.6 is 0 Å². The van der Waals surface area contributed by atoms with Gasteiger partial charge in [-0.25, -0.2) is 25.2 Å². The molecule has 7 N–H and O–H groups in total. The molecule has 0 saturated carbocycles. The molecular formula is C27H27N5O20S6. The highest BCUT2D eigenvalue weighted by atomic mass is 32.3. The number of phenolic OH excluding ortho intramolecular Hbond substituents is 1. The minimum absolute atomic E-state index is 0.151. The van der Waals surface area contributed by atoms with Gasteiger partial charge in [0.15, 0.2) is 25.4 Å². The number of phenols is 1. The van der Waals surface area contributed by atoms with Gasteiger partial charge in [-0.15, -0.1) is 20.5 Å². The summed E-state index contributed by atoms with van der Waals surface area (Å²) in [6, 6.07) is 7.92. The quantitative estimate of drug-likeness (QED) is 0.0503. The van der Waals surface area contributed by atoms with Crippen molar-refractivity contribution in [2.45, 2.75) is 19.6 Å². The van der Waals surface area contributed by atoms with E-state index in [1.165, 1.54) is 0 Å². The van der Waals surface area contributed by atoms with E-state index >= 15 is 0 Å². The van der Waals surface area contributed by atoms with Crippen LogP contribution in [0, 0.1) is 0 Å². The van der Waals surface area contributed by atoms with Crippen LogP contribution in [0.15, 0.2) is 94.6 Å². The Morgan fingerprint density at radius 3 is 1.59 bits per heavy atom. The average molecular weight is 934 g/mol. The smallest absolute Gasteiger partial charge is 0.397 e. The Labute approximate surface area is 329 Å². The number of nitrogens with zero attached hydrogens (tertiary/aromatic N) is 4. The van der Waals surface area contributed by atoms with Gasteiger partial charge in [0.2, 0.25) is 0 Å². The molecule has 0 atom stereocenters. The number of benzene rings is 4. The molecule has 0 spiro atoms. The van der Waals surface area contributed by atoms with Crippen molar-refractivity contribution in [3.05, 3.63) is 54.6 Å². The van der Waals surface area contributed by atoms with Crippen molar-refractivity contribution in [1.82, 2.24) is 0 Å². The zero-order valence-corrected chi connectivity index (χ0v) is 33.6. The normalized spacial score (nSPS) is 13.5. The Hall–Kier alpha value is -4.80. The van der Waals surface area contributed by atoms with E-state index in [-0.39, 0.29) is 22.2 Å². The predicted octanol–water partition coefficient (Wildman–Crippen LogP) is 2.65. The first-order chi connectivity index (χ1) is 26.5. The Morgan fingerprint density at radius 2 is 1.07 bits per heavy atom. The molecule has 31 heteroatoms. The van der Waals surface area contributed by atoms with E-state index in [1.807, 2.05) is 0 Å². The fourth-order valence-electron chi connectivity index (χ4n) is 4.69. The molecule has 0 aromatic heterocycles. The van der Waals surface area contributed by atoms with Crippen LogP contribution < -0.4 is 10.5 Å². The zero-order chi connectivity index (χ0) is 43.6. The van der Waals surface area contributed by atoms with Gasteiger partial charge in [0, 0.05) is 10.8 Å². The maximum absolute atomic E-state index is 12.8. The molecule has 0 amide bonds. The highest BCUT2D eigenvalue weighted by Crippen LogP contribution is 2.46. The van der Waals surface area contributed by atoms with Crippen molar-refractivity contribution in [2.24, 2.45) is 20.5 Å². The van der Waals surface area contributed by atoms with Crippen molar-refractivity contribution in [3.8, 4) is 11.5 Å². The van der Waals surface area contributed by atoms with Crippen molar-refractivity contribution < 1.29 is 86.9 Å². The van der Waals surface area contributed by atoms with Gasteiger partial charge in [-0.2, -0.15) is 33.7 Å². The first-order valence-electron chi connectivity index (χ1n) is 14.9. The number of rotatable bonds is 17. The monoisotopic (exact) mass is 933 g/mol. The molecule has 0 aliphatic rings. The lowest BCUT2D eigenvalue weighted by Gasteiger charge is -2.12. The van der Waals surface area contributed by atoms with Gasteiger partial charge in [0.1, 0.15) is 38.3 Å². The Morgan fingerprint density at radius 1 is 0.569 bits per heavy atom. The molecule has 0 aliphatic carbocycles. The second-order valence-electron chi connectivity index (χ2n) is 11.1. The molecule has 0 saturated heterocycles. The third-order valence-corrected chi connectivity index (χ3v) is 13.3. The van der Waals surface area contributed by atoms with Crippen LogP contribution in [-0.4, -0.2) is 106 Å². The van der Waals surface area contributed by atoms with Crippen LogP contribution in [0.4, 0.5) is 28.4 Å². The summed E-state index contributed by atoms with van der Waals surface area (Å²) in [5, 5.41) is 25.6. The fraction of sp³-hybridized carbons (Fsp3) is 0.185. The molecule has 0 heterocycles. The van der Waals surface area contributed by atoms with Crippen molar-refractivity contribution in [2.75, 3.05) is 37.6 Å². The molecule has 4 rings (SSSR count). The highest BCUT2D eigenvalue weighted by Gasteiger charge is 2.26. The first kappa shape index (κ1) is 45.9. The summed E-state index contributed by atoms with van der Waals surface area (Å²) in [5.74, 6) is -3.17. The number of hydrogen-bond acceptors (Lipinski definition) is 21. The standard InChI is InChI=1S/C27H27N5O20S6/c1-50-22-7-3-15(53(34,35)10-8-51-57(44,45)46)12-21(22)30-32-26-24(56(41,42)43)14-18-17(27(26)33)4-5-19(28)25(18)31-29-20-6-2-16(13-23(20)55(38,39)40)54(36,37)11-9-52-58(47,48)49/h2-7,12-14,33H,8-11,28H2,1H3,(H,38,39,40)(H,41,42,43)(H,44,45,46)(H,47,48,49)/b31-29+,32-30+. The van der Waals surface area contributed by atoms with Gasteiger partial charge in [-0.1, -0.05) is 0 Å². The van der Waals surface area contributed by atoms with Crippen LogP contribution in [0.1, 0.15) is 0 Å². The lowest BCUT2D eigenvalue weighted by atomic mass is 10.1. The number of hydrogen-bond donors (Lipinski definition) is 6. The van der Waals surface area contributed by atoms with Crippen molar-refractivity contribution in [3.63, 3.8) is 0 Å². The van der Waals surface area contributed by atoms with Crippen LogP contribution in [0.5, 0.6) is 11.5 Å². The van der Waals surface area contributed by atoms with E-state index < -0.39 is 134 Å². The summed E-state index contributed by atoms with van der Waals surface area (Å²) in [4.78, 5) is -3.55. The number of fused-ring (bicyclic) bond motifs is 1. The van der Waals surface area contributed by atoms with E-state index in [0.29, 0.717) is 12.1 Å². The fourth-order valence-corrected chi connectivity index (χ4v) is 9.07. The Bertz CT molecular complexity index is 3050. The number of sulfone groups is 2. The van der Waals surface area contributed by atoms with Gasteiger partial charge < -0.3 is 15.6 Å². The summed E-state index contributed by atoms with van der Waals surface area (Å²) in [7, 11) is -28.3. The molecule has 25 nitrogen and oxygen atoms in total. The Balaban J connectivity index is 1.83. The molecule has 4 aromatic rings. The lowest BCUT2D eigenvalue weighted by molar-refractivity contribution is 0.282. The molecule has 58 heavy (non-hydrogen) atoms. The van der Waals surface area contributed by atoms with E-state index in [4.69, 9.17) is 19.6 Å². The summed E-state index contributed by atoms with van der Waals surface area (Å²) >= 11 is 0. The van der Waals surface area contributed by atoms with Gasteiger partial charge in [-0.3, -0.25) is 18.2 Å². The second kappa shape index (κ2) is 16.8. The van der Waals surface area contributed by atoms with Crippen LogP contribution in [0.3, 0.4) is 0 Å². The molecule has 0 unspecified atom stereocenters. The first-order valence-corrected chi connectivity index (χ1v) is 23.8. The van der Waals surface area contributed by atoms with Crippen molar-refractivity contribution in [1.29, 1.82) is 0 Å². The number of aromatic hydroxyl groups is 1. The number of azo groups is 2. The zero-order valence-electron chi connectivity index (χ0n) is 28.7. The molecule has 0 radical (unpaired) electrons. The average Bonchev–Trinajstić information content (AvgIpc) is 3.08. The van der Waals surface area contributed by atoms with E-state index in [2.05, 4.69) is 28.8 Å². The van der Waals surface area contributed by atoms with Gasteiger partial charge in [-0.05, 0) is 54.6 Å². The lowest BCUT2D eigenvalue weighted by Crippen LogP contribution is -2.16. The van der Waals surface area contributed by atoms with Crippen LogP contribution in [0.25, 0.3) is 10.8 Å². The maximum Gasteiger partial charge on any atom is 0.397 e. The highest BCUT2D eigenvalue weighted by molar-refractivity contribution is 7.92. The van der Waals surface area contributed by atoms with Crippen LogP contribution in [0.2, 0.25) is 0 Å². The predicted molar refractivity (Wildman–Crippen MR) is 197 cm³/mol. The van der Waals surface area contributed by atoms with Gasteiger partial charge in [0.25, 0.3) is 20.2 Å². The minimum atomic E-state index is -5.34. The van der Waals surface area contributed by atoms with Crippen LogP contribution in [-0.2, 0) is 69.1 Å². The number of nitrogens with two attached hydrogens (primary N) is 1. The van der Waals surface area contributed by atoms with Crippen molar-refractivity contribution >= 4 is 99.9 Å². The molecular weight excluding hydrogens is 907 g/mol. The summed E-state index contributed by atoms with van der Waals surface area (Å²) in [6.07, 6.45) is 0. The number of methoxy groups -OCH3 is 1. The number of nitrogen functional groups attached to an aromatic ring is 1. The minimum Gasteiger partial charge on any atom is -0.505 e. The largest absolute Gasteiger partial charge is 0.505 e. The topological polar surface area (TPSA) is 409 Å². The molecule has 316 valence electrons. The summed E-state index contributed by atoms with van der Waals surface area (Å²) in [6.45, 7) is -2.05. The molecule has 0 bridgehead atoms. The summed E-state index contributed by atoms with van der Waals surface area (Å²) < 4.78 is 194. The maximum atomic E-state index is 12.8. The SMILES string of the molecule is COc1ccc(S(=O)(=O)CCOS(=O)(=O)O)cc1/N=N/c1c(S(=O)(=O)O)cc2c(/N=N/c3ccc(S(=O)(=O)CCOS(=O)(=O)O)cc3S(=O)(=O)O)c(N)ccc2c1O. The van der Waals surface area contributed by atoms with E-state index in [9.17, 15) is 64.7 Å². The molecule has 0 fully saturated rings. The second-order valence-corrected chi connectivity index (χ2v) is 20.3. The molecule has 0 aliphatic heterocycles. The molecule has 4 aromatic carbocycles. The number of anilines is 1. The third-order valence-electron chi connectivity index (χ3n) is 7.28. The van der Waals surface area contributed by atoms with Gasteiger partial charge in [0.05, 0.1) is 47.3 Å². The third kappa shape index (κ3) is 11.4. The van der Waals surface area contributed by atoms with E-state index in [1.54, 1.807) is 0 Å². The van der Waals surface area contributed by atoms with Gasteiger partial charge >= 0.3 is 20.8 Å².